The van der Waals surface area contributed by atoms with Crippen LogP contribution in [0, 0.1) is 0 Å². The van der Waals surface area contributed by atoms with Gasteiger partial charge in [-0.05, 0) is 30.3 Å². The summed E-state index contributed by atoms with van der Waals surface area (Å²) in [7, 11) is 0. The number of nitrogens with one attached hydrogen (secondary N) is 2. The molecule has 114 valence electrons. The Kier molecular flexibility index (Phi) is 3.16. The first kappa shape index (κ1) is 13.3. The first-order chi connectivity index (χ1) is 11.3. The van der Waals surface area contributed by atoms with E-state index in [1.165, 1.54) is 0 Å². The number of pyridine rings is 1. The molecule has 2 N–H and O–H groups in total. The lowest BCUT2D eigenvalue weighted by Crippen LogP contribution is -2.12. The Morgan fingerprint density at radius 2 is 2.09 bits per heavy atom. The smallest absolute Gasteiger partial charge is 0.273 e. The number of rotatable bonds is 3. The SMILES string of the molecule is O=C(Nc1ccc2c(c1)OCO2)c1cc(-c2cccnc2)n[nH]1. The van der Waals surface area contributed by atoms with Crippen molar-refractivity contribution < 1.29 is 14.3 Å². The highest BCUT2D eigenvalue weighted by Gasteiger charge is 2.16. The predicted molar refractivity (Wildman–Crippen MR) is 82.3 cm³/mol. The second kappa shape index (κ2) is 5.45. The Labute approximate surface area is 131 Å². The van der Waals surface area contributed by atoms with Crippen LogP contribution in [0.2, 0.25) is 0 Å². The zero-order valence-electron chi connectivity index (χ0n) is 11.9. The first-order valence-electron chi connectivity index (χ1n) is 6.96. The van der Waals surface area contributed by atoms with Gasteiger partial charge >= 0.3 is 0 Å². The average Bonchev–Trinajstić information content (AvgIpc) is 3.24. The van der Waals surface area contributed by atoms with Crippen molar-refractivity contribution in [3.8, 4) is 22.8 Å². The number of anilines is 1. The Bertz CT molecular complexity index is 861. The summed E-state index contributed by atoms with van der Waals surface area (Å²) in [6, 6.07) is 10.6. The van der Waals surface area contributed by atoms with Gasteiger partial charge < -0.3 is 14.8 Å². The quantitative estimate of drug-likeness (QED) is 0.776. The molecule has 3 heterocycles. The number of benzene rings is 1. The fourth-order valence-electron chi connectivity index (χ4n) is 2.27. The molecule has 4 rings (SSSR count). The van der Waals surface area contributed by atoms with Crippen LogP contribution in [-0.4, -0.2) is 27.9 Å². The number of hydrogen-bond acceptors (Lipinski definition) is 5. The fourth-order valence-corrected chi connectivity index (χ4v) is 2.27. The Morgan fingerprint density at radius 1 is 1.17 bits per heavy atom. The average molecular weight is 308 g/mol. The van der Waals surface area contributed by atoms with Crippen molar-refractivity contribution in [3.63, 3.8) is 0 Å². The van der Waals surface area contributed by atoms with Crippen LogP contribution in [0.3, 0.4) is 0 Å². The number of carbonyl (C=O) groups is 1. The van der Waals surface area contributed by atoms with Gasteiger partial charge in [0, 0.05) is 29.7 Å². The predicted octanol–water partition coefficient (Wildman–Crippen LogP) is 2.45. The van der Waals surface area contributed by atoms with Gasteiger partial charge in [0.2, 0.25) is 6.79 Å². The lowest BCUT2D eigenvalue weighted by molar-refractivity contribution is 0.102. The van der Waals surface area contributed by atoms with Crippen molar-refractivity contribution in [1.29, 1.82) is 0 Å². The van der Waals surface area contributed by atoms with Gasteiger partial charge in [-0.2, -0.15) is 5.10 Å². The number of aromatic nitrogens is 3. The zero-order chi connectivity index (χ0) is 15.6. The zero-order valence-corrected chi connectivity index (χ0v) is 11.9. The minimum absolute atomic E-state index is 0.196. The number of aromatic amines is 1. The number of hydrogen-bond donors (Lipinski definition) is 2. The third-order valence-electron chi connectivity index (χ3n) is 3.41. The number of H-pyrrole nitrogens is 1. The molecule has 1 aliphatic heterocycles. The Hall–Kier alpha value is -3.35. The molecule has 0 fully saturated rings. The molecular weight excluding hydrogens is 296 g/mol. The molecule has 0 aliphatic carbocycles. The topological polar surface area (TPSA) is 89.1 Å². The molecule has 2 aromatic heterocycles. The molecule has 1 aliphatic rings. The molecule has 0 spiro atoms. The molecule has 0 saturated heterocycles. The van der Waals surface area contributed by atoms with Crippen molar-refractivity contribution in [2.24, 2.45) is 0 Å². The number of amides is 1. The standard InChI is InChI=1S/C16H12N4O3/c21-16(18-11-3-4-14-15(6-11)23-9-22-14)13-7-12(19-20-13)10-2-1-5-17-8-10/h1-8H,9H2,(H,18,21)(H,19,20). The summed E-state index contributed by atoms with van der Waals surface area (Å²) in [5, 5.41) is 9.66. The second-order valence-electron chi connectivity index (χ2n) is 4.93. The van der Waals surface area contributed by atoms with E-state index in [1.54, 1.807) is 36.7 Å². The van der Waals surface area contributed by atoms with Crippen molar-refractivity contribution >= 4 is 11.6 Å². The van der Waals surface area contributed by atoms with E-state index >= 15 is 0 Å². The molecule has 0 saturated carbocycles. The van der Waals surface area contributed by atoms with Crippen LogP contribution in [-0.2, 0) is 0 Å². The van der Waals surface area contributed by atoms with Crippen molar-refractivity contribution in [3.05, 3.63) is 54.5 Å². The number of carbonyl (C=O) groups excluding carboxylic acids is 1. The number of ether oxygens (including phenoxy) is 2. The molecule has 1 amide bonds. The molecule has 7 heteroatoms. The molecule has 1 aromatic carbocycles. The highest BCUT2D eigenvalue weighted by Crippen LogP contribution is 2.34. The van der Waals surface area contributed by atoms with Gasteiger partial charge in [-0.15, -0.1) is 0 Å². The van der Waals surface area contributed by atoms with Gasteiger partial charge in [0.25, 0.3) is 5.91 Å². The van der Waals surface area contributed by atoms with Gasteiger partial charge in [-0.1, -0.05) is 0 Å². The van der Waals surface area contributed by atoms with Gasteiger partial charge in [-0.3, -0.25) is 14.9 Å². The van der Waals surface area contributed by atoms with E-state index < -0.39 is 0 Å². The summed E-state index contributed by atoms with van der Waals surface area (Å²) in [6.45, 7) is 0.196. The highest BCUT2D eigenvalue weighted by atomic mass is 16.7. The van der Waals surface area contributed by atoms with E-state index in [0.717, 1.165) is 5.56 Å². The first-order valence-corrected chi connectivity index (χ1v) is 6.96. The maximum absolute atomic E-state index is 12.3. The fraction of sp³-hybridized carbons (Fsp3) is 0.0625. The van der Waals surface area contributed by atoms with Gasteiger partial charge in [0.05, 0.1) is 5.69 Å². The maximum atomic E-state index is 12.3. The third kappa shape index (κ3) is 2.59. The molecule has 0 bridgehead atoms. The summed E-state index contributed by atoms with van der Waals surface area (Å²) in [4.78, 5) is 16.3. The van der Waals surface area contributed by atoms with Crippen LogP contribution in [0.5, 0.6) is 11.5 Å². The molecular formula is C16H12N4O3. The second-order valence-corrected chi connectivity index (χ2v) is 4.93. The van der Waals surface area contributed by atoms with Gasteiger partial charge in [0.15, 0.2) is 11.5 Å². The number of fused-ring (bicyclic) bond motifs is 1. The van der Waals surface area contributed by atoms with Crippen LogP contribution in [0.1, 0.15) is 10.5 Å². The molecule has 0 unspecified atom stereocenters. The van der Waals surface area contributed by atoms with Crippen molar-refractivity contribution in [2.75, 3.05) is 12.1 Å². The Balaban J connectivity index is 1.52. The monoisotopic (exact) mass is 308 g/mol. The lowest BCUT2D eigenvalue weighted by atomic mass is 10.2. The molecule has 3 aromatic rings. The van der Waals surface area contributed by atoms with Crippen LogP contribution in [0.15, 0.2) is 48.8 Å². The van der Waals surface area contributed by atoms with Crippen molar-refractivity contribution in [1.82, 2.24) is 15.2 Å². The van der Waals surface area contributed by atoms with Crippen molar-refractivity contribution in [2.45, 2.75) is 0 Å². The van der Waals surface area contributed by atoms with E-state index in [9.17, 15) is 4.79 Å². The van der Waals surface area contributed by atoms with E-state index in [2.05, 4.69) is 20.5 Å². The maximum Gasteiger partial charge on any atom is 0.273 e. The summed E-state index contributed by atoms with van der Waals surface area (Å²) >= 11 is 0. The third-order valence-corrected chi connectivity index (χ3v) is 3.41. The highest BCUT2D eigenvalue weighted by molar-refractivity contribution is 6.03. The van der Waals surface area contributed by atoms with E-state index in [1.807, 2.05) is 12.1 Å². The summed E-state index contributed by atoms with van der Waals surface area (Å²) in [5.74, 6) is 0.998. The largest absolute Gasteiger partial charge is 0.454 e. The minimum atomic E-state index is -0.286. The molecule has 0 atom stereocenters. The lowest BCUT2D eigenvalue weighted by Gasteiger charge is -2.04. The van der Waals surface area contributed by atoms with E-state index in [4.69, 9.17) is 9.47 Å². The van der Waals surface area contributed by atoms with E-state index in [-0.39, 0.29) is 12.7 Å². The van der Waals surface area contributed by atoms with E-state index in [0.29, 0.717) is 28.6 Å². The van der Waals surface area contributed by atoms with Crippen LogP contribution in [0.4, 0.5) is 5.69 Å². The van der Waals surface area contributed by atoms with Crippen LogP contribution >= 0.6 is 0 Å². The summed E-state index contributed by atoms with van der Waals surface area (Å²) in [5.41, 5.74) is 2.48. The van der Waals surface area contributed by atoms with Gasteiger partial charge in [-0.25, -0.2) is 0 Å². The summed E-state index contributed by atoms with van der Waals surface area (Å²) < 4.78 is 10.5. The molecule has 0 radical (unpaired) electrons. The normalized spacial score (nSPS) is 12.2. The Morgan fingerprint density at radius 3 is 2.96 bits per heavy atom. The van der Waals surface area contributed by atoms with Crippen LogP contribution < -0.4 is 14.8 Å². The molecule has 23 heavy (non-hydrogen) atoms. The summed E-state index contributed by atoms with van der Waals surface area (Å²) in [6.07, 6.45) is 3.37. The van der Waals surface area contributed by atoms with Crippen LogP contribution in [0.25, 0.3) is 11.3 Å². The molecule has 7 nitrogen and oxygen atoms in total. The van der Waals surface area contributed by atoms with Gasteiger partial charge in [0.1, 0.15) is 5.69 Å². The minimum Gasteiger partial charge on any atom is -0.454 e. The number of nitrogens with zero attached hydrogens (tertiary/aromatic N) is 2.